The molecule has 4 aromatic rings. The van der Waals surface area contributed by atoms with Gasteiger partial charge in [-0.15, -0.1) is 0 Å². The lowest BCUT2D eigenvalue weighted by molar-refractivity contribution is -0.142. The van der Waals surface area contributed by atoms with Gasteiger partial charge in [0.2, 0.25) is 0 Å². The molecule has 0 unspecified atom stereocenters. The van der Waals surface area contributed by atoms with Gasteiger partial charge < -0.3 is 9.15 Å². The number of benzene rings is 2. The minimum Gasteiger partial charge on any atom is -0.497 e. The van der Waals surface area contributed by atoms with Crippen LogP contribution in [0.1, 0.15) is 37.7 Å². The molecule has 11 heteroatoms. The van der Waals surface area contributed by atoms with E-state index in [2.05, 4.69) is 16.0 Å². The second-order valence-corrected chi connectivity index (χ2v) is 8.03. The van der Waals surface area contributed by atoms with E-state index in [0.29, 0.717) is 40.4 Å². The monoisotopic (exact) mass is 496 g/mol. The average Bonchev–Trinajstić information content (AvgIpc) is 3.51. The number of nitrogens with zero attached hydrogens (tertiary/aromatic N) is 2. The van der Waals surface area contributed by atoms with E-state index in [1.807, 2.05) is 0 Å². The molecule has 184 valence electrons. The number of carbonyl (C=O) groups is 2. The van der Waals surface area contributed by atoms with Crippen LogP contribution in [0, 0.1) is 0 Å². The summed E-state index contributed by atoms with van der Waals surface area (Å²) in [4.78, 5) is 24.7. The fraction of sp³-hybridized carbons (Fsp3) is 0.160. The van der Waals surface area contributed by atoms with Crippen molar-refractivity contribution in [1.82, 2.24) is 20.6 Å². The maximum Gasteiger partial charge on any atom is 0.435 e. The molecule has 1 aliphatic rings. The number of hydrogen-bond donors (Lipinski definition) is 2. The number of aromatic nitrogens is 2. The van der Waals surface area contributed by atoms with Gasteiger partial charge in [-0.05, 0) is 61.0 Å². The molecule has 0 saturated heterocycles. The summed E-state index contributed by atoms with van der Waals surface area (Å²) in [6.07, 6.45) is -2.67. The Morgan fingerprint density at radius 3 is 2.14 bits per heavy atom. The summed E-state index contributed by atoms with van der Waals surface area (Å²) in [6, 6.07) is 13.8. The Balaban J connectivity index is 1.36. The number of halogens is 3. The van der Waals surface area contributed by atoms with Crippen LogP contribution in [-0.2, 0) is 19.0 Å². The van der Waals surface area contributed by atoms with Crippen molar-refractivity contribution < 1.29 is 31.9 Å². The average molecular weight is 496 g/mol. The molecule has 0 saturated carbocycles. The fourth-order valence-electron chi connectivity index (χ4n) is 4.12. The molecule has 2 aromatic carbocycles. The first kappa shape index (κ1) is 23.2. The molecule has 0 aliphatic heterocycles. The van der Waals surface area contributed by atoms with Crippen LogP contribution in [0.25, 0.3) is 16.9 Å². The third-order valence-electron chi connectivity index (χ3n) is 5.87. The Morgan fingerprint density at radius 1 is 0.944 bits per heavy atom. The van der Waals surface area contributed by atoms with Crippen LogP contribution in [0.15, 0.2) is 65.3 Å². The summed E-state index contributed by atoms with van der Waals surface area (Å²) in [5.41, 5.74) is 5.53. The van der Waals surface area contributed by atoms with Gasteiger partial charge in [-0.25, -0.2) is 4.68 Å². The highest BCUT2D eigenvalue weighted by molar-refractivity contribution is 5.99. The third kappa shape index (κ3) is 4.19. The van der Waals surface area contributed by atoms with E-state index in [1.165, 1.54) is 42.3 Å². The van der Waals surface area contributed by atoms with Gasteiger partial charge in [0.1, 0.15) is 11.5 Å². The number of aryl methyl sites for hydroxylation is 1. The van der Waals surface area contributed by atoms with E-state index >= 15 is 0 Å². The van der Waals surface area contributed by atoms with Gasteiger partial charge in [0.15, 0.2) is 5.69 Å². The number of ether oxygens (including phenoxy) is 1. The fourth-order valence-corrected chi connectivity index (χ4v) is 4.12. The molecular formula is C25H19F3N4O4. The summed E-state index contributed by atoms with van der Waals surface area (Å²) in [6.45, 7) is 0. The van der Waals surface area contributed by atoms with Gasteiger partial charge >= 0.3 is 6.18 Å². The van der Waals surface area contributed by atoms with Gasteiger partial charge in [-0.2, -0.15) is 18.3 Å². The number of amides is 2. The number of fused-ring (bicyclic) bond motifs is 3. The quantitative estimate of drug-likeness (QED) is 0.410. The predicted octanol–water partition coefficient (Wildman–Crippen LogP) is 4.33. The van der Waals surface area contributed by atoms with Crippen molar-refractivity contribution >= 4 is 11.8 Å². The van der Waals surface area contributed by atoms with E-state index in [9.17, 15) is 22.8 Å². The first-order chi connectivity index (χ1) is 17.3. The maximum absolute atomic E-state index is 13.7. The highest BCUT2D eigenvalue weighted by atomic mass is 19.4. The SMILES string of the molecule is COc1ccc(C(=O)NNC(=O)c2ccc(-n3nc(C(F)(F)F)c4c3-c3ccoc3CC4)cc2)cc1. The summed E-state index contributed by atoms with van der Waals surface area (Å²) in [5, 5.41) is 3.88. The van der Waals surface area contributed by atoms with Crippen molar-refractivity contribution in [2.24, 2.45) is 0 Å². The lowest BCUT2D eigenvalue weighted by atomic mass is 9.94. The number of alkyl halides is 3. The first-order valence-corrected chi connectivity index (χ1v) is 10.9. The van der Waals surface area contributed by atoms with Crippen molar-refractivity contribution in [3.63, 3.8) is 0 Å². The van der Waals surface area contributed by atoms with E-state index < -0.39 is 23.7 Å². The lowest BCUT2D eigenvalue weighted by Gasteiger charge is -2.15. The maximum atomic E-state index is 13.7. The number of furan rings is 1. The molecule has 8 nitrogen and oxygen atoms in total. The Kier molecular flexibility index (Phi) is 5.75. The lowest BCUT2D eigenvalue weighted by Crippen LogP contribution is -2.41. The van der Waals surface area contributed by atoms with Crippen molar-refractivity contribution in [3.8, 4) is 22.7 Å². The van der Waals surface area contributed by atoms with Gasteiger partial charge in [0, 0.05) is 28.7 Å². The van der Waals surface area contributed by atoms with Crippen LogP contribution in [0.4, 0.5) is 13.2 Å². The van der Waals surface area contributed by atoms with Crippen LogP contribution in [0.2, 0.25) is 0 Å². The van der Waals surface area contributed by atoms with Crippen molar-refractivity contribution in [3.05, 3.63) is 89.0 Å². The molecule has 5 rings (SSSR count). The highest BCUT2D eigenvalue weighted by Gasteiger charge is 2.41. The van der Waals surface area contributed by atoms with Gasteiger partial charge in [0.05, 0.1) is 24.8 Å². The Morgan fingerprint density at radius 2 is 1.56 bits per heavy atom. The molecule has 2 amide bonds. The predicted molar refractivity (Wildman–Crippen MR) is 122 cm³/mol. The molecule has 2 heterocycles. The Bertz CT molecular complexity index is 1440. The van der Waals surface area contributed by atoms with Crippen LogP contribution in [-0.4, -0.2) is 28.7 Å². The van der Waals surface area contributed by atoms with E-state index in [-0.39, 0.29) is 17.5 Å². The molecule has 0 atom stereocenters. The molecule has 0 radical (unpaired) electrons. The number of methoxy groups -OCH3 is 1. The molecule has 2 N–H and O–H groups in total. The number of carbonyl (C=O) groups excluding carboxylic acids is 2. The van der Waals surface area contributed by atoms with E-state index in [4.69, 9.17) is 9.15 Å². The molecule has 36 heavy (non-hydrogen) atoms. The Hall–Kier alpha value is -4.54. The Labute approximate surface area is 202 Å². The minimum atomic E-state index is -4.61. The number of rotatable bonds is 4. The number of nitrogens with one attached hydrogen (secondary N) is 2. The van der Waals surface area contributed by atoms with Gasteiger partial charge in [-0.3, -0.25) is 20.4 Å². The summed E-state index contributed by atoms with van der Waals surface area (Å²) >= 11 is 0. The molecular weight excluding hydrogens is 477 g/mol. The summed E-state index contributed by atoms with van der Waals surface area (Å²) < 4.78 is 52.8. The standard InChI is InChI=1S/C25H19F3N4O4/c1-35-17-8-4-15(5-9-17)24(34)30-29-23(33)14-2-6-16(7-3-14)32-21-18-12-13-36-20(18)11-10-19(21)22(31-32)25(26,27)28/h2-9,12-13H,10-11H2,1H3,(H,29,33)(H,30,34). The van der Waals surface area contributed by atoms with Crippen LogP contribution < -0.4 is 15.6 Å². The molecule has 0 fully saturated rings. The first-order valence-electron chi connectivity index (χ1n) is 10.9. The normalized spacial score (nSPS) is 12.4. The number of hydrogen-bond acceptors (Lipinski definition) is 5. The molecule has 0 bridgehead atoms. The van der Waals surface area contributed by atoms with Crippen molar-refractivity contribution in [1.29, 1.82) is 0 Å². The van der Waals surface area contributed by atoms with E-state index in [1.54, 1.807) is 30.3 Å². The van der Waals surface area contributed by atoms with Crippen LogP contribution in [0.5, 0.6) is 5.75 Å². The number of hydrazine groups is 1. The molecule has 1 aliphatic carbocycles. The van der Waals surface area contributed by atoms with Crippen LogP contribution in [0.3, 0.4) is 0 Å². The summed E-state index contributed by atoms with van der Waals surface area (Å²) in [5.74, 6) is 0.0573. The zero-order chi connectivity index (χ0) is 25.4. The minimum absolute atomic E-state index is 0.111. The molecule has 2 aromatic heterocycles. The largest absolute Gasteiger partial charge is 0.497 e. The molecule has 0 spiro atoms. The third-order valence-corrected chi connectivity index (χ3v) is 5.87. The smallest absolute Gasteiger partial charge is 0.435 e. The highest BCUT2D eigenvalue weighted by Crippen LogP contribution is 2.42. The zero-order valence-corrected chi connectivity index (χ0v) is 18.8. The zero-order valence-electron chi connectivity index (χ0n) is 18.8. The van der Waals surface area contributed by atoms with Gasteiger partial charge in [0.25, 0.3) is 11.8 Å². The van der Waals surface area contributed by atoms with Crippen LogP contribution >= 0.6 is 0 Å². The summed E-state index contributed by atoms with van der Waals surface area (Å²) in [7, 11) is 1.51. The van der Waals surface area contributed by atoms with Gasteiger partial charge in [-0.1, -0.05) is 0 Å². The second kappa shape index (κ2) is 8.91. The second-order valence-electron chi connectivity index (χ2n) is 8.03. The van der Waals surface area contributed by atoms with Crippen molar-refractivity contribution in [2.75, 3.05) is 7.11 Å². The van der Waals surface area contributed by atoms with Crippen molar-refractivity contribution in [2.45, 2.75) is 19.0 Å². The topological polar surface area (TPSA) is 98.4 Å². The van der Waals surface area contributed by atoms with E-state index in [0.717, 1.165) is 0 Å².